The van der Waals surface area contributed by atoms with Gasteiger partial charge in [-0.3, -0.25) is 0 Å². The van der Waals surface area contributed by atoms with Crippen LogP contribution in [-0.4, -0.2) is 55.6 Å². The molecule has 3 aromatic carbocycles. The molecule has 1 fully saturated rings. The minimum atomic E-state index is -3.90. The second-order valence-corrected chi connectivity index (χ2v) is 14.0. The summed E-state index contributed by atoms with van der Waals surface area (Å²) < 4.78 is 59.1. The van der Waals surface area contributed by atoms with Gasteiger partial charge in [0.2, 0.25) is 10.0 Å². The molecule has 44 heavy (non-hydrogen) atoms. The van der Waals surface area contributed by atoms with Gasteiger partial charge in [0.15, 0.2) is 5.60 Å². The Morgan fingerprint density at radius 1 is 0.977 bits per heavy atom. The minimum absolute atomic E-state index is 0.0594. The van der Waals surface area contributed by atoms with Crippen molar-refractivity contribution in [2.75, 3.05) is 13.1 Å². The van der Waals surface area contributed by atoms with Gasteiger partial charge in [-0.2, -0.15) is 4.31 Å². The highest BCUT2D eigenvalue weighted by molar-refractivity contribution is 7.89. The van der Waals surface area contributed by atoms with Crippen molar-refractivity contribution in [3.05, 3.63) is 95.8 Å². The maximum Gasteiger partial charge on any atom is 0.408 e. The lowest BCUT2D eigenvalue weighted by atomic mass is 9.87. The van der Waals surface area contributed by atoms with E-state index < -0.39 is 45.1 Å². The average molecular weight is 627 g/mol. The van der Waals surface area contributed by atoms with Gasteiger partial charge in [0, 0.05) is 0 Å². The monoisotopic (exact) mass is 626 g/mol. The molecule has 4 rings (SSSR count). The molecular weight excluding hydrogens is 587 g/mol. The number of hydrogen-bond acceptors (Lipinski definition) is 7. The predicted octanol–water partition coefficient (Wildman–Crippen LogP) is 5.58. The summed E-state index contributed by atoms with van der Waals surface area (Å²) in [6.45, 7) is 8.70. The van der Waals surface area contributed by atoms with Crippen LogP contribution in [0.3, 0.4) is 0 Å². The van der Waals surface area contributed by atoms with Gasteiger partial charge in [0.05, 0.1) is 24.1 Å². The largest absolute Gasteiger partial charge is 0.480 e. The summed E-state index contributed by atoms with van der Waals surface area (Å²) >= 11 is 0. The molecule has 0 aliphatic carbocycles. The number of alkyl carbamates (subject to hydrolysis) is 1. The number of carbonyl (C=O) groups is 2. The molecule has 0 spiro atoms. The van der Waals surface area contributed by atoms with Crippen molar-refractivity contribution in [2.24, 2.45) is 0 Å². The van der Waals surface area contributed by atoms with Gasteiger partial charge >= 0.3 is 12.1 Å². The summed E-state index contributed by atoms with van der Waals surface area (Å²) in [6, 6.07) is 20.5. The normalized spacial score (nSPS) is 15.6. The average Bonchev–Trinajstić information content (AvgIpc) is 2.93. The van der Waals surface area contributed by atoms with Gasteiger partial charge in [0.25, 0.3) is 0 Å². The molecule has 0 bridgehead atoms. The fourth-order valence-electron chi connectivity index (χ4n) is 4.80. The number of carbonyl (C=O) groups excluding carboxylic acids is 2. The molecule has 11 heteroatoms. The van der Waals surface area contributed by atoms with Crippen LogP contribution >= 0.6 is 0 Å². The second-order valence-electron chi connectivity index (χ2n) is 12.1. The van der Waals surface area contributed by atoms with Crippen molar-refractivity contribution in [3.63, 3.8) is 0 Å². The summed E-state index contributed by atoms with van der Waals surface area (Å²) in [5.74, 6) is -0.568. The first-order valence-corrected chi connectivity index (χ1v) is 15.9. The first-order valence-electron chi connectivity index (χ1n) is 14.5. The van der Waals surface area contributed by atoms with Crippen LogP contribution in [0.1, 0.15) is 52.2 Å². The molecule has 1 heterocycles. The number of ether oxygens (including phenoxy) is 3. The summed E-state index contributed by atoms with van der Waals surface area (Å²) in [4.78, 5) is 25.2. The maximum atomic E-state index is 13.7. The van der Waals surface area contributed by atoms with E-state index in [1.54, 1.807) is 52.8 Å². The first kappa shape index (κ1) is 32.9. The number of benzene rings is 3. The molecule has 1 amide bonds. The lowest BCUT2D eigenvalue weighted by Gasteiger charge is -2.48. The SMILES string of the molecule is CC(C)OC(=O)[C@H](CCc1cccc(S(=O)(=O)N2CC(Oc3ccc(F)cc3)(c3ccccc3)C2)c1)NC(=O)OC(C)(C)C. The van der Waals surface area contributed by atoms with Crippen molar-refractivity contribution in [1.82, 2.24) is 9.62 Å². The highest BCUT2D eigenvalue weighted by atomic mass is 32.2. The van der Waals surface area contributed by atoms with Crippen molar-refractivity contribution in [3.8, 4) is 5.75 Å². The fraction of sp³-hybridized carbons (Fsp3) is 0.394. The molecule has 0 unspecified atom stereocenters. The van der Waals surface area contributed by atoms with Crippen molar-refractivity contribution in [2.45, 2.75) is 75.7 Å². The summed E-state index contributed by atoms with van der Waals surface area (Å²) in [5.41, 5.74) is -0.225. The third-order valence-corrected chi connectivity index (χ3v) is 8.66. The fourth-order valence-corrected chi connectivity index (χ4v) is 6.41. The number of sulfonamides is 1. The molecule has 1 aliphatic rings. The number of hydrogen-bond donors (Lipinski definition) is 1. The van der Waals surface area contributed by atoms with Crippen LogP contribution in [-0.2, 0) is 36.3 Å². The number of esters is 1. The van der Waals surface area contributed by atoms with Gasteiger partial charge < -0.3 is 19.5 Å². The Bertz CT molecular complexity index is 1550. The van der Waals surface area contributed by atoms with Crippen molar-refractivity contribution in [1.29, 1.82) is 0 Å². The van der Waals surface area contributed by atoms with Gasteiger partial charge in [-0.05, 0) is 95.0 Å². The molecule has 1 atom stereocenters. The zero-order valence-electron chi connectivity index (χ0n) is 25.6. The molecule has 0 radical (unpaired) electrons. The highest BCUT2D eigenvalue weighted by Crippen LogP contribution is 2.40. The van der Waals surface area contributed by atoms with E-state index in [-0.39, 0.29) is 30.5 Å². The molecule has 3 aromatic rings. The Kier molecular flexibility index (Phi) is 10.00. The molecule has 1 aliphatic heterocycles. The Morgan fingerprint density at radius 2 is 1.64 bits per heavy atom. The van der Waals surface area contributed by atoms with E-state index in [1.165, 1.54) is 34.6 Å². The Morgan fingerprint density at radius 3 is 2.25 bits per heavy atom. The molecule has 9 nitrogen and oxygen atoms in total. The Balaban J connectivity index is 1.49. The summed E-state index contributed by atoms with van der Waals surface area (Å²) in [7, 11) is -3.90. The number of nitrogens with zero attached hydrogens (tertiary/aromatic N) is 1. The van der Waals surface area contributed by atoms with E-state index >= 15 is 0 Å². The maximum absolute atomic E-state index is 13.7. The molecule has 236 valence electrons. The lowest BCUT2D eigenvalue weighted by molar-refractivity contribution is -0.150. The zero-order chi connectivity index (χ0) is 32.1. The van der Waals surface area contributed by atoms with E-state index in [4.69, 9.17) is 14.2 Å². The van der Waals surface area contributed by atoms with Crippen molar-refractivity contribution < 1.29 is 36.6 Å². The van der Waals surface area contributed by atoms with E-state index in [0.29, 0.717) is 17.7 Å². The van der Waals surface area contributed by atoms with E-state index in [2.05, 4.69) is 5.32 Å². The number of halogens is 1. The molecule has 1 N–H and O–H groups in total. The van der Waals surface area contributed by atoms with Gasteiger partial charge in [-0.1, -0.05) is 42.5 Å². The van der Waals surface area contributed by atoms with Crippen LogP contribution in [0.4, 0.5) is 9.18 Å². The number of amides is 1. The molecular formula is C33H39FN2O7S. The first-order chi connectivity index (χ1) is 20.7. The van der Waals surface area contributed by atoms with Crippen molar-refractivity contribution >= 4 is 22.1 Å². The van der Waals surface area contributed by atoms with Gasteiger partial charge in [0.1, 0.15) is 23.2 Å². The predicted molar refractivity (Wildman–Crippen MR) is 163 cm³/mol. The van der Waals surface area contributed by atoms with E-state index in [9.17, 15) is 22.4 Å². The molecule has 0 saturated carbocycles. The Labute approximate surface area is 258 Å². The number of nitrogens with one attached hydrogen (secondary N) is 1. The topological polar surface area (TPSA) is 111 Å². The highest BCUT2D eigenvalue weighted by Gasteiger charge is 2.52. The van der Waals surface area contributed by atoms with Crippen LogP contribution in [0, 0.1) is 5.82 Å². The lowest BCUT2D eigenvalue weighted by Crippen LogP contribution is -2.64. The molecule has 1 saturated heterocycles. The van der Waals surface area contributed by atoms with Crippen LogP contribution in [0.25, 0.3) is 0 Å². The quantitative estimate of drug-likeness (QED) is 0.277. The molecule has 0 aromatic heterocycles. The smallest absolute Gasteiger partial charge is 0.408 e. The van der Waals surface area contributed by atoms with Crippen LogP contribution in [0.2, 0.25) is 0 Å². The number of aryl methyl sites for hydroxylation is 1. The Hall–Kier alpha value is -3.96. The third kappa shape index (κ3) is 8.35. The van der Waals surface area contributed by atoms with E-state index in [1.807, 2.05) is 30.3 Å². The summed E-state index contributed by atoms with van der Waals surface area (Å²) in [6.07, 6.45) is -0.674. The van der Waals surface area contributed by atoms with Gasteiger partial charge in [-0.15, -0.1) is 0 Å². The standard InChI is InChI=1S/C33H39FN2O7S/c1-23(2)41-30(37)29(35-31(38)43-32(3,4)5)19-14-24-10-9-13-28(20-24)44(39,40)36-21-33(22-36,25-11-7-6-8-12-25)42-27-17-15-26(34)16-18-27/h6-13,15-18,20,23,29H,14,19,21-22H2,1-5H3,(H,35,38)/t29-/m0/s1. The van der Waals surface area contributed by atoms with Crippen LogP contribution in [0.5, 0.6) is 5.75 Å². The van der Waals surface area contributed by atoms with Crippen LogP contribution < -0.4 is 10.1 Å². The van der Waals surface area contributed by atoms with Gasteiger partial charge in [-0.25, -0.2) is 22.4 Å². The van der Waals surface area contributed by atoms with Crippen LogP contribution in [0.15, 0.2) is 83.8 Å². The second kappa shape index (κ2) is 13.4. The third-order valence-electron chi connectivity index (χ3n) is 6.88. The summed E-state index contributed by atoms with van der Waals surface area (Å²) in [5, 5.41) is 2.58. The van der Waals surface area contributed by atoms with E-state index in [0.717, 1.165) is 5.56 Å². The zero-order valence-corrected chi connectivity index (χ0v) is 26.4. The minimum Gasteiger partial charge on any atom is -0.480 e. The number of rotatable bonds is 11.